The van der Waals surface area contributed by atoms with Crippen molar-refractivity contribution in [1.82, 2.24) is 0 Å². The van der Waals surface area contributed by atoms with Crippen molar-refractivity contribution in [3.8, 4) is 0 Å². The number of hydrogen-bond acceptors (Lipinski definition) is 6. The van der Waals surface area contributed by atoms with Crippen molar-refractivity contribution < 1.29 is 30.6 Å². The van der Waals surface area contributed by atoms with Crippen LogP contribution in [0.1, 0.15) is 44.9 Å². The Bertz CT molecular complexity index is 283. The van der Waals surface area contributed by atoms with Crippen LogP contribution in [-0.4, -0.2) is 69.3 Å². The van der Waals surface area contributed by atoms with Gasteiger partial charge < -0.3 is 30.6 Å². The lowest BCUT2D eigenvalue weighted by molar-refractivity contribution is -0.0181. The highest BCUT2D eigenvalue weighted by molar-refractivity contribution is 4.77. The zero-order chi connectivity index (χ0) is 18.8. The smallest absolute Gasteiger partial charge is 0.103 e. The maximum atomic E-state index is 9.10. The van der Waals surface area contributed by atoms with Crippen LogP contribution in [0.4, 0.5) is 0 Å². The molecule has 0 aromatic carbocycles. The summed E-state index contributed by atoms with van der Waals surface area (Å²) in [6.45, 7) is 6.28. The highest BCUT2D eigenvalue weighted by Gasteiger charge is 2.26. The number of unbranched alkanes of at least 4 members (excludes halogenated alkanes) is 3. The Labute approximate surface area is 145 Å². The molecule has 0 aliphatic rings. The molecule has 0 fully saturated rings. The quantitative estimate of drug-likeness (QED) is 0.204. The average Bonchev–Trinajstić information content (AvgIpc) is 2.62. The zero-order valence-electron chi connectivity index (χ0n) is 14.7. The van der Waals surface area contributed by atoms with Crippen LogP contribution in [0.3, 0.4) is 0 Å². The number of hydrogen-bond donors (Lipinski definition) is 6. The number of aliphatic hydroxyl groups excluding tert-OH is 6. The van der Waals surface area contributed by atoms with Crippen LogP contribution in [0.5, 0.6) is 0 Å². The van der Waals surface area contributed by atoms with Gasteiger partial charge in [0.15, 0.2) is 0 Å². The second-order valence-corrected chi connectivity index (χ2v) is 6.05. The van der Waals surface area contributed by atoms with Crippen molar-refractivity contribution in [2.75, 3.05) is 26.4 Å². The van der Waals surface area contributed by atoms with Gasteiger partial charge in [0, 0.05) is 5.41 Å². The van der Waals surface area contributed by atoms with E-state index in [1.807, 2.05) is 6.08 Å². The Morgan fingerprint density at radius 1 is 0.750 bits per heavy atom. The number of allylic oxidation sites excluding steroid dienone is 2. The van der Waals surface area contributed by atoms with E-state index in [2.05, 4.69) is 13.2 Å². The first-order chi connectivity index (χ1) is 11.5. The highest BCUT2D eigenvalue weighted by atomic mass is 16.4. The van der Waals surface area contributed by atoms with Crippen molar-refractivity contribution in [1.29, 1.82) is 0 Å². The molecule has 0 rings (SSSR count). The summed E-state index contributed by atoms with van der Waals surface area (Å²) < 4.78 is 0. The van der Waals surface area contributed by atoms with Crippen LogP contribution < -0.4 is 0 Å². The van der Waals surface area contributed by atoms with Crippen LogP contribution in [0, 0.1) is 5.41 Å². The van der Waals surface area contributed by atoms with Crippen molar-refractivity contribution in [3.05, 3.63) is 25.3 Å². The molecule has 0 spiro atoms. The molecule has 6 nitrogen and oxygen atoms in total. The third-order valence-corrected chi connectivity index (χ3v) is 3.91. The van der Waals surface area contributed by atoms with E-state index in [1.54, 1.807) is 6.08 Å². The topological polar surface area (TPSA) is 121 Å². The molecule has 0 amide bonds. The normalized spacial score (nSPS) is 13.6. The van der Waals surface area contributed by atoms with Gasteiger partial charge in [0.25, 0.3) is 0 Å². The predicted molar refractivity (Wildman–Crippen MR) is 95.5 cm³/mol. The summed E-state index contributed by atoms with van der Waals surface area (Å²) in [7, 11) is 0. The van der Waals surface area contributed by atoms with Gasteiger partial charge >= 0.3 is 0 Å². The molecule has 0 aromatic heterocycles. The molecule has 6 N–H and O–H groups in total. The molecule has 144 valence electrons. The Kier molecular flexibility index (Phi) is 18.1. The van der Waals surface area contributed by atoms with E-state index in [9.17, 15) is 0 Å². The second kappa shape index (κ2) is 17.1. The van der Waals surface area contributed by atoms with E-state index in [-0.39, 0.29) is 26.4 Å². The summed E-state index contributed by atoms with van der Waals surface area (Å²) in [5.74, 6) is 0. The maximum absolute atomic E-state index is 9.10. The summed E-state index contributed by atoms with van der Waals surface area (Å²) in [5, 5.41) is 53.4. The van der Waals surface area contributed by atoms with Crippen molar-refractivity contribution in [2.45, 2.75) is 57.2 Å². The van der Waals surface area contributed by atoms with E-state index in [0.29, 0.717) is 12.8 Å². The Morgan fingerprint density at radius 2 is 1.25 bits per heavy atom. The summed E-state index contributed by atoms with van der Waals surface area (Å²) in [4.78, 5) is 0. The molecule has 0 aliphatic heterocycles. The molecular weight excluding hydrogens is 312 g/mol. The summed E-state index contributed by atoms with van der Waals surface area (Å²) >= 11 is 0. The SMILES string of the molecule is C=CCCCC(O)C(O)CO.C=CCCCCC(CO)(CO)CO. The van der Waals surface area contributed by atoms with Crippen molar-refractivity contribution in [3.63, 3.8) is 0 Å². The van der Waals surface area contributed by atoms with Crippen LogP contribution in [0.15, 0.2) is 25.3 Å². The van der Waals surface area contributed by atoms with Gasteiger partial charge in [0.2, 0.25) is 0 Å². The molecule has 0 bridgehead atoms. The monoisotopic (exact) mass is 348 g/mol. The molecule has 0 saturated heterocycles. The van der Waals surface area contributed by atoms with Gasteiger partial charge in [0.05, 0.1) is 32.5 Å². The lowest BCUT2D eigenvalue weighted by atomic mass is 9.85. The number of aliphatic hydroxyl groups is 6. The minimum atomic E-state index is -1.00. The van der Waals surface area contributed by atoms with Gasteiger partial charge in [-0.1, -0.05) is 18.6 Å². The average molecular weight is 348 g/mol. The molecule has 24 heavy (non-hydrogen) atoms. The first-order valence-corrected chi connectivity index (χ1v) is 8.48. The summed E-state index contributed by atoms with van der Waals surface area (Å²) in [6, 6.07) is 0. The minimum absolute atomic E-state index is 0.159. The molecule has 0 radical (unpaired) electrons. The lowest BCUT2D eigenvalue weighted by Crippen LogP contribution is -2.33. The van der Waals surface area contributed by atoms with Crippen molar-refractivity contribution >= 4 is 0 Å². The van der Waals surface area contributed by atoms with Gasteiger partial charge in [-0.3, -0.25) is 0 Å². The molecule has 2 atom stereocenters. The van der Waals surface area contributed by atoms with E-state index in [4.69, 9.17) is 30.6 Å². The molecule has 2 unspecified atom stereocenters. The molecule has 6 heteroatoms. The van der Waals surface area contributed by atoms with E-state index in [0.717, 1.165) is 32.1 Å². The van der Waals surface area contributed by atoms with Gasteiger partial charge in [-0.15, -0.1) is 13.2 Å². The maximum Gasteiger partial charge on any atom is 0.103 e. The first kappa shape index (κ1) is 25.5. The van der Waals surface area contributed by atoms with Gasteiger partial charge in [0.1, 0.15) is 6.10 Å². The fourth-order valence-corrected chi connectivity index (χ4v) is 1.96. The largest absolute Gasteiger partial charge is 0.396 e. The highest BCUT2D eigenvalue weighted by Crippen LogP contribution is 2.23. The van der Waals surface area contributed by atoms with Crippen molar-refractivity contribution in [2.24, 2.45) is 5.41 Å². The van der Waals surface area contributed by atoms with Gasteiger partial charge in [-0.25, -0.2) is 0 Å². The second-order valence-electron chi connectivity index (χ2n) is 6.05. The standard InChI is InChI=1S/C10H20O3.C8H16O3/c1-2-3-4-5-6-10(7-11,8-12)9-13;1-2-3-4-5-7(10)8(11)6-9/h2,11-13H,1,3-9H2;2,7-11H,1,3-6H2. The third-order valence-electron chi connectivity index (χ3n) is 3.91. The summed E-state index contributed by atoms with van der Waals surface area (Å²) in [5.41, 5.74) is -0.693. The minimum Gasteiger partial charge on any atom is -0.396 e. The Morgan fingerprint density at radius 3 is 1.67 bits per heavy atom. The fourth-order valence-electron chi connectivity index (χ4n) is 1.96. The van der Waals surface area contributed by atoms with Crippen LogP contribution in [0.25, 0.3) is 0 Å². The summed E-state index contributed by atoms with van der Waals surface area (Å²) in [6.07, 6.45) is 7.42. The van der Waals surface area contributed by atoms with Gasteiger partial charge in [-0.2, -0.15) is 0 Å². The van der Waals surface area contributed by atoms with Crippen LogP contribution in [-0.2, 0) is 0 Å². The predicted octanol–water partition coefficient (Wildman–Crippen LogP) is 0.753. The third kappa shape index (κ3) is 12.6. The van der Waals surface area contributed by atoms with Crippen LogP contribution in [0.2, 0.25) is 0 Å². The number of rotatable bonds is 14. The van der Waals surface area contributed by atoms with Gasteiger partial charge in [-0.05, 0) is 38.5 Å². The molecule has 0 aliphatic carbocycles. The van der Waals surface area contributed by atoms with E-state index >= 15 is 0 Å². The molecular formula is C18H36O6. The Balaban J connectivity index is 0. The molecule has 0 aromatic rings. The van der Waals surface area contributed by atoms with Crippen LogP contribution >= 0.6 is 0 Å². The van der Waals surface area contributed by atoms with E-state index in [1.165, 1.54) is 0 Å². The molecule has 0 saturated carbocycles. The lowest BCUT2D eigenvalue weighted by Gasteiger charge is -2.26. The molecule has 0 heterocycles. The van der Waals surface area contributed by atoms with E-state index < -0.39 is 17.6 Å². The fraction of sp³-hybridized carbons (Fsp3) is 0.778. The zero-order valence-corrected chi connectivity index (χ0v) is 14.7. The Hall–Kier alpha value is -0.760. The first-order valence-electron chi connectivity index (χ1n) is 8.48.